The molecule has 26 heavy (non-hydrogen) atoms. The van der Waals surface area contributed by atoms with Gasteiger partial charge in [-0.3, -0.25) is 4.79 Å². The maximum absolute atomic E-state index is 12.6. The van der Waals surface area contributed by atoms with Gasteiger partial charge in [-0.2, -0.15) is 0 Å². The van der Waals surface area contributed by atoms with Crippen LogP contribution in [0, 0.1) is 0 Å². The highest BCUT2D eigenvalue weighted by Crippen LogP contribution is 2.43. The van der Waals surface area contributed by atoms with Crippen LogP contribution in [0.1, 0.15) is 24.4 Å². The Morgan fingerprint density at radius 2 is 2.00 bits per heavy atom. The second-order valence-corrected chi connectivity index (χ2v) is 5.90. The number of hydrogen-bond acceptors (Lipinski definition) is 5. The molecule has 8 nitrogen and oxygen atoms in total. The van der Waals surface area contributed by atoms with Crippen molar-refractivity contribution in [1.29, 1.82) is 0 Å². The number of halogens is 2. The predicted molar refractivity (Wildman–Crippen MR) is 83.7 cm³/mol. The van der Waals surface area contributed by atoms with Crippen LogP contribution in [0.25, 0.3) is 0 Å². The minimum absolute atomic E-state index is 0.186. The van der Waals surface area contributed by atoms with E-state index in [0.29, 0.717) is 18.4 Å². The lowest BCUT2D eigenvalue weighted by Gasteiger charge is -2.20. The van der Waals surface area contributed by atoms with E-state index in [-0.39, 0.29) is 5.75 Å². The number of carboxylic acids is 1. The highest BCUT2D eigenvalue weighted by molar-refractivity contribution is 5.91. The molecule has 1 aromatic carbocycles. The minimum Gasteiger partial charge on any atom is -0.488 e. The number of carboxylic acid groups (broad SMARTS) is 1. The molecule has 1 saturated carbocycles. The summed E-state index contributed by atoms with van der Waals surface area (Å²) < 4.78 is 30.6. The summed E-state index contributed by atoms with van der Waals surface area (Å²) in [6.07, 6.45) is 1.47. The Kier molecular flexibility index (Phi) is 4.83. The van der Waals surface area contributed by atoms with Gasteiger partial charge < -0.3 is 15.2 Å². The van der Waals surface area contributed by atoms with Crippen LogP contribution in [0.4, 0.5) is 8.78 Å². The Balaban J connectivity index is 1.72. The van der Waals surface area contributed by atoms with Crippen LogP contribution in [-0.2, 0) is 15.1 Å². The van der Waals surface area contributed by atoms with E-state index in [4.69, 9.17) is 4.74 Å². The number of aromatic nitrogens is 3. The first-order chi connectivity index (χ1) is 12.4. The lowest BCUT2D eigenvalue weighted by Crippen LogP contribution is -2.43. The highest BCUT2D eigenvalue weighted by Gasteiger charge is 2.53. The van der Waals surface area contributed by atoms with Crippen molar-refractivity contribution in [3.63, 3.8) is 0 Å². The van der Waals surface area contributed by atoms with Crippen molar-refractivity contribution >= 4 is 11.9 Å². The molecule has 0 radical (unpaired) electrons. The fourth-order valence-electron chi connectivity index (χ4n) is 2.58. The molecule has 3 rings (SSSR count). The molecule has 1 unspecified atom stereocenters. The summed E-state index contributed by atoms with van der Waals surface area (Å²) in [5, 5.41) is 19.5. The molecule has 0 aliphatic heterocycles. The van der Waals surface area contributed by atoms with Gasteiger partial charge in [-0.1, -0.05) is 17.3 Å². The van der Waals surface area contributed by atoms with Crippen LogP contribution in [0.5, 0.6) is 5.75 Å². The van der Waals surface area contributed by atoms with Crippen LogP contribution in [0.15, 0.2) is 36.7 Å². The number of ether oxygens (including phenoxy) is 1. The molecule has 0 bridgehead atoms. The normalized spacial score (nSPS) is 16.1. The Labute approximate surface area is 146 Å². The Morgan fingerprint density at radius 1 is 1.31 bits per heavy atom. The van der Waals surface area contributed by atoms with Crippen molar-refractivity contribution < 1.29 is 28.2 Å². The molecule has 1 heterocycles. The van der Waals surface area contributed by atoms with Crippen molar-refractivity contribution in [2.75, 3.05) is 6.61 Å². The summed E-state index contributed by atoms with van der Waals surface area (Å²) in [5.41, 5.74) is -0.616. The molecule has 2 aromatic rings. The molecule has 0 saturated heterocycles. The van der Waals surface area contributed by atoms with E-state index in [1.165, 1.54) is 35.1 Å². The van der Waals surface area contributed by atoms with E-state index in [9.17, 15) is 23.5 Å². The van der Waals surface area contributed by atoms with Crippen LogP contribution in [-0.4, -0.2) is 45.0 Å². The number of carbonyl (C=O) groups is 2. The van der Waals surface area contributed by atoms with Gasteiger partial charge in [-0.05, 0) is 30.5 Å². The fraction of sp³-hybridized carbons (Fsp3) is 0.375. The van der Waals surface area contributed by atoms with Crippen LogP contribution in [0.3, 0.4) is 0 Å². The van der Waals surface area contributed by atoms with Crippen molar-refractivity contribution in [2.45, 2.75) is 30.8 Å². The number of rotatable bonds is 8. The van der Waals surface area contributed by atoms with E-state index < -0.39 is 36.5 Å². The van der Waals surface area contributed by atoms with Gasteiger partial charge in [0.25, 0.3) is 6.43 Å². The van der Waals surface area contributed by atoms with Crippen LogP contribution >= 0.6 is 0 Å². The quantitative estimate of drug-likeness (QED) is 0.731. The van der Waals surface area contributed by atoms with Gasteiger partial charge in [0, 0.05) is 6.20 Å². The average Bonchev–Trinajstić information content (AvgIpc) is 3.24. The molecule has 2 N–H and O–H groups in total. The Morgan fingerprint density at radius 3 is 2.50 bits per heavy atom. The summed E-state index contributed by atoms with van der Waals surface area (Å²) in [5.74, 6) is -1.52. The molecule has 138 valence electrons. The first kappa shape index (κ1) is 17.8. The SMILES string of the molecule is O=C(O)C(NC(=O)C1(n2ccnn2)CC1)c1ccc(OCC(F)F)cc1. The number of alkyl halides is 2. The Hall–Kier alpha value is -3.04. The average molecular weight is 366 g/mol. The number of hydrogen-bond donors (Lipinski definition) is 2. The summed E-state index contributed by atoms with van der Waals surface area (Å²) in [7, 11) is 0. The van der Waals surface area contributed by atoms with E-state index in [1.54, 1.807) is 6.20 Å². The maximum Gasteiger partial charge on any atom is 0.330 e. The third kappa shape index (κ3) is 3.63. The van der Waals surface area contributed by atoms with Gasteiger partial charge in [0.1, 0.15) is 17.9 Å². The van der Waals surface area contributed by atoms with Crippen LogP contribution in [0.2, 0.25) is 0 Å². The largest absolute Gasteiger partial charge is 0.488 e. The lowest BCUT2D eigenvalue weighted by molar-refractivity contribution is -0.142. The van der Waals surface area contributed by atoms with E-state index >= 15 is 0 Å². The molecule has 1 aromatic heterocycles. The monoisotopic (exact) mass is 366 g/mol. The van der Waals surface area contributed by atoms with Crippen molar-refractivity contribution in [3.05, 3.63) is 42.2 Å². The van der Waals surface area contributed by atoms with Gasteiger partial charge >= 0.3 is 5.97 Å². The second-order valence-electron chi connectivity index (χ2n) is 5.90. The second kappa shape index (κ2) is 7.06. The number of nitrogens with zero attached hydrogens (tertiary/aromatic N) is 3. The van der Waals surface area contributed by atoms with E-state index in [0.717, 1.165) is 0 Å². The number of benzene rings is 1. The third-order valence-electron chi connectivity index (χ3n) is 4.12. The van der Waals surface area contributed by atoms with Crippen molar-refractivity contribution in [1.82, 2.24) is 20.3 Å². The molecule has 1 amide bonds. The fourth-order valence-corrected chi connectivity index (χ4v) is 2.58. The zero-order valence-electron chi connectivity index (χ0n) is 13.5. The van der Waals surface area contributed by atoms with E-state index in [1.807, 2.05) is 0 Å². The lowest BCUT2D eigenvalue weighted by atomic mass is 10.1. The van der Waals surface area contributed by atoms with Crippen molar-refractivity contribution in [3.8, 4) is 5.75 Å². The zero-order chi connectivity index (χ0) is 18.7. The highest BCUT2D eigenvalue weighted by atomic mass is 19.3. The summed E-state index contributed by atoms with van der Waals surface area (Å²) >= 11 is 0. The predicted octanol–water partition coefficient (Wildman–Crippen LogP) is 1.35. The molecule has 10 heteroatoms. The summed E-state index contributed by atoms with van der Waals surface area (Å²) in [4.78, 5) is 24.2. The van der Waals surface area contributed by atoms with Crippen LogP contribution < -0.4 is 10.1 Å². The molecular weight excluding hydrogens is 350 g/mol. The molecular formula is C16H16F2N4O4. The van der Waals surface area contributed by atoms with E-state index in [2.05, 4.69) is 15.6 Å². The van der Waals surface area contributed by atoms with Gasteiger partial charge in [0.05, 0.1) is 6.20 Å². The summed E-state index contributed by atoms with van der Waals surface area (Å²) in [6, 6.07) is 4.30. The minimum atomic E-state index is -2.60. The zero-order valence-corrected chi connectivity index (χ0v) is 13.5. The molecule has 1 aliphatic carbocycles. The standard InChI is InChI=1S/C16H16F2N4O4/c17-12(18)9-26-11-3-1-10(2-4-11)13(14(23)24)20-15(25)16(5-6-16)22-8-7-19-21-22/h1-4,7-8,12-13H,5-6,9H2,(H,20,25)(H,23,24). The maximum atomic E-state index is 12.6. The smallest absolute Gasteiger partial charge is 0.330 e. The molecule has 1 aliphatic rings. The first-order valence-corrected chi connectivity index (χ1v) is 7.84. The first-order valence-electron chi connectivity index (χ1n) is 7.84. The number of carbonyl (C=O) groups excluding carboxylic acids is 1. The van der Waals surface area contributed by atoms with Gasteiger partial charge in [0.2, 0.25) is 5.91 Å². The van der Waals surface area contributed by atoms with Gasteiger partial charge in [-0.25, -0.2) is 18.3 Å². The van der Waals surface area contributed by atoms with Gasteiger partial charge in [-0.15, -0.1) is 5.10 Å². The molecule has 1 atom stereocenters. The van der Waals surface area contributed by atoms with Gasteiger partial charge in [0.15, 0.2) is 6.04 Å². The summed E-state index contributed by atoms with van der Waals surface area (Å²) in [6.45, 7) is -0.751. The van der Waals surface area contributed by atoms with Crippen molar-refractivity contribution in [2.24, 2.45) is 0 Å². The Bertz CT molecular complexity index is 776. The third-order valence-corrected chi connectivity index (χ3v) is 4.12. The molecule has 1 fully saturated rings. The topological polar surface area (TPSA) is 106 Å². The number of nitrogens with one attached hydrogen (secondary N) is 1. The molecule has 0 spiro atoms. The number of amides is 1. The number of aliphatic carboxylic acids is 1.